The zero-order valence-electron chi connectivity index (χ0n) is 5.38. The SMILES string of the molecule is CS(=O)OCO.O.O.[Na]. The van der Waals surface area contributed by atoms with E-state index < -0.39 is 17.9 Å². The van der Waals surface area contributed by atoms with Gasteiger partial charge in [-0.3, -0.25) is 4.18 Å². The summed E-state index contributed by atoms with van der Waals surface area (Å²) >= 11 is -1.32. The van der Waals surface area contributed by atoms with Crippen LogP contribution in [0.3, 0.4) is 0 Å². The fourth-order valence-corrected chi connectivity index (χ4v) is 0.223. The first-order chi connectivity index (χ1) is 2.77. The van der Waals surface area contributed by atoms with Gasteiger partial charge in [0, 0.05) is 35.8 Å². The van der Waals surface area contributed by atoms with E-state index in [4.69, 9.17) is 5.11 Å². The molecule has 0 fully saturated rings. The van der Waals surface area contributed by atoms with Crippen molar-refractivity contribution < 1.29 is 24.5 Å². The van der Waals surface area contributed by atoms with E-state index in [0.717, 1.165) is 0 Å². The predicted molar refractivity (Wildman–Crippen MR) is 35.2 cm³/mol. The van der Waals surface area contributed by atoms with Crippen molar-refractivity contribution in [3.8, 4) is 0 Å². The van der Waals surface area contributed by atoms with Gasteiger partial charge in [-0.25, -0.2) is 4.21 Å². The molecule has 5 N–H and O–H groups in total. The molecule has 5 nitrogen and oxygen atoms in total. The molecule has 1 unspecified atom stereocenters. The summed E-state index contributed by atoms with van der Waals surface area (Å²) in [5.74, 6) is 0. The zero-order chi connectivity index (χ0) is 4.99. The first-order valence-electron chi connectivity index (χ1n) is 1.35. The Labute approximate surface area is 78.0 Å². The van der Waals surface area contributed by atoms with E-state index in [0.29, 0.717) is 0 Å². The predicted octanol–water partition coefficient (Wildman–Crippen LogP) is -2.78. The molecule has 0 aliphatic rings. The van der Waals surface area contributed by atoms with Gasteiger partial charge in [0.05, 0.1) is 0 Å². The first-order valence-corrected chi connectivity index (χ1v) is 2.83. The van der Waals surface area contributed by atoms with Gasteiger partial charge >= 0.3 is 0 Å². The van der Waals surface area contributed by atoms with Crippen LogP contribution in [0.15, 0.2) is 0 Å². The molecule has 0 aliphatic carbocycles. The fourth-order valence-electron chi connectivity index (χ4n) is 0.0742. The molecule has 0 saturated carbocycles. The Morgan fingerprint density at radius 3 is 1.89 bits per heavy atom. The molecule has 0 aliphatic heterocycles. The number of rotatable bonds is 2. The van der Waals surface area contributed by atoms with Crippen LogP contribution < -0.4 is 0 Å². The number of aliphatic hydroxyl groups excluding tert-OH is 1. The summed E-state index contributed by atoms with van der Waals surface area (Å²) in [6.07, 6.45) is 1.34. The monoisotopic (exact) mass is 169 g/mol. The van der Waals surface area contributed by atoms with Crippen molar-refractivity contribution in [2.24, 2.45) is 0 Å². The average molecular weight is 169 g/mol. The summed E-state index contributed by atoms with van der Waals surface area (Å²) in [4.78, 5) is 0. The van der Waals surface area contributed by atoms with Crippen LogP contribution in [0.1, 0.15) is 0 Å². The molecule has 1 radical (unpaired) electrons. The second kappa shape index (κ2) is 16.0. The minimum Gasteiger partial charge on any atom is -0.412 e. The van der Waals surface area contributed by atoms with Crippen LogP contribution in [0.5, 0.6) is 0 Å². The summed E-state index contributed by atoms with van der Waals surface area (Å²) in [6.45, 7) is -0.469. The Balaban J connectivity index is -0.0000000417. The third-order valence-corrected chi connectivity index (χ3v) is 0.656. The van der Waals surface area contributed by atoms with Gasteiger partial charge in [-0.1, -0.05) is 0 Å². The molecular weight excluding hydrogens is 159 g/mol. The smallest absolute Gasteiger partial charge is 0.159 e. The van der Waals surface area contributed by atoms with Crippen LogP contribution in [0.2, 0.25) is 0 Å². The van der Waals surface area contributed by atoms with Crippen LogP contribution >= 0.6 is 0 Å². The van der Waals surface area contributed by atoms with Gasteiger partial charge < -0.3 is 16.1 Å². The Morgan fingerprint density at radius 1 is 1.56 bits per heavy atom. The maximum absolute atomic E-state index is 9.77. The van der Waals surface area contributed by atoms with E-state index >= 15 is 0 Å². The van der Waals surface area contributed by atoms with Gasteiger partial charge in [0.15, 0.2) is 17.9 Å². The van der Waals surface area contributed by atoms with Crippen molar-refractivity contribution in [1.29, 1.82) is 0 Å². The van der Waals surface area contributed by atoms with Gasteiger partial charge in [0.2, 0.25) is 0 Å². The van der Waals surface area contributed by atoms with Crippen molar-refractivity contribution in [3.63, 3.8) is 0 Å². The van der Waals surface area contributed by atoms with E-state index in [-0.39, 0.29) is 40.5 Å². The van der Waals surface area contributed by atoms with Crippen LogP contribution in [0, 0.1) is 0 Å². The van der Waals surface area contributed by atoms with Crippen LogP contribution in [0.4, 0.5) is 0 Å². The Bertz CT molecular complexity index is 58.9. The zero-order valence-corrected chi connectivity index (χ0v) is 8.20. The van der Waals surface area contributed by atoms with E-state index in [1.165, 1.54) is 6.26 Å². The minimum atomic E-state index is -1.32. The van der Waals surface area contributed by atoms with Crippen LogP contribution in [0.25, 0.3) is 0 Å². The van der Waals surface area contributed by atoms with Gasteiger partial charge in [-0.15, -0.1) is 0 Å². The number of hydrogen-bond donors (Lipinski definition) is 1. The van der Waals surface area contributed by atoms with Gasteiger partial charge in [0.1, 0.15) is 0 Å². The largest absolute Gasteiger partial charge is 0.412 e. The fraction of sp³-hybridized carbons (Fsp3) is 1.00. The molecule has 0 rings (SSSR count). The molecule has 0 aromatic heterocycles. The summed E-state index contributed by atoms with van der Waals surface area (Å²) in [6, 6.07) is 0. The molecule has 55 valence electrons. The van der Waals surface area contributed by atoms with Gasteiger partial charge in [-0.2, -0.15) is 0 Å². The van der Waals surface area contributed by atoms with Crippen molar-refractivity contribution in [2.75, 3.05) is 13.0 Å². The Morgan fingerprint density at radius 2 is 1.89 bits per heavy atom. The molecule has 0 aromatic rings. The minimum absolute atomic E-state index is 0. The maximum Gasteiger partial charge on any atom is 0.159 e. The number of hydrogen-bond acceptors (Lipinski definition) is 3. The van der Waals surface area contributed by atoms with Gasteiger partial charge in [0.25, 0.3) is 0 Å². The first kappa shape index (κ1) is 22.5. The van der Waals surface area contributed by atoms with Crippen LogP contribution in [-0.4, -0.2) is 62.9 Å². The third-order valence-electron chi connectivity index (χ3n) is 0.219. The molecule has 9 heavy (non-hydrogen) atoms. The molecule has 7 heteroatoms. The summed E-state index contributed by atoms with van der Waals surface area (Å²) in [7, 11) is 0. The third kappa shape index (κ3) is 27.6. The van der Waals surface area contributed by atoms with Crippen molar-refractivity contribution in [2.45, 2.75) is 0 Å². The molecule has 0 amide bonds. The second-order valence-electron chi connectivity index (χ2n) is 0.648. The summed E-state index contributed by atoms with van der Waals surface area (Å²) < 4.78 is 13.8. The normalized spacial score (nSPS) is 9.56. The Hall–Kier alpha value is 0.990. The van der Waals surface area contributed by atoms with Crippen LogP contribution in [-0.2, 0) is 15.3 Å². The van der Waals surface area contributed by atoms with Crippen molar-refractivity contribution >= 4 is 40.6 Å². The topological polar surface area (TPSA) is 110 Å². The molecular formula is C2H10NaO5S. The van der Waals surface area contributed by atoms with E-state index in [9.17, 15) is 4.21 Å². The average Bonchev–Trinajstić information content (AvgIpc) is 1.35. The number of aliphatic hydroxyl groups is 1. The second-order valence-corrected chi connectivity index (χ2v) is 1.69. The molecule has 0 bridgehead atoms. The standard InChI is InChI=1S/C2H6O3S.Na.2H2O/c1-6(4)5-2-3;;;/h3H,2H2,1H3;;2*1H2. The van der Waals surface area contributed by atoms with Crippen molar-refractivity contribution in [3.05, 3.63) is 0 Å². The molecule has 0 spiro atoms. The summed E-state index contributed by atoms with van der Waals surface area (Å²) in [5.41, 5.74) is 0. The summed E-state index contributed by atoms with van der Waals surface area (Å²) in [5, 5.41) is 7.82. The molecule has 1 atom stereocenters. The van der Waals surface area contributed by atoms with E-state index in [2.05, 4.69) is 4.18 Å². The molecule has 0 heterocycles. The van der Waals surface area contributed by atoms with Gasteiger partial charge in [-0.05, 0) is 0 Å². The molecule has 0 aromatic carbocycles. The quantitative estimate of drug-likeness (QED) is 0.356. The maximum atomic E-state index is 9.77. The Kier molecular flexibility index (Phi) is 40.0. The van der Waals surface area contributed by atoms with E-state index in [1.807, 2.05) is 0 Å². The molecule has 0 saturated heterocycles. The van der Waals surface area contributed by atoms with E-state index in [1.54, 1.807) is 0 Å². The van der Waals surface area contributed by atoms with Crippen molar-refractivity contribution in [1.82, 2.24) is 0 Å².